The number of hydrogen-bond donors (Lipinski definition) is 3. The van der Waals surface area contributed by atoms with Crippen LogP contribution in [0.25, 0.3) is 11.1 Å². The maximum Gasteiger partial charge on any atom is 0.337 e. The molecule has 5 aliphatic rings. The zero-order chi connectivity index (χ0) is 63.2. The Bertz CT molecular complexity index is 3550. The van der Waals surface area contributed by atoms with Gasteiger partial charge in [0.25, 0.3) is 23.6 Å². The van der Waals surface area contributed by atoms with Crippen LogP contribution in [0.1, 0.15) is 136 Å². The normalized spacial score (nSPS) is 17.5. The van der Waals surface area contributed by atoms with Crippen LogP contribution < -0.4 is 34.9 Å². The fourth-order valence-electron chi connectivity index (χ4n) is 11.6. The highest BCUT2D eigenvalue weighted by molar-refractivity contribution is 6.13. The van der Waals surface area contributed by atoms with Crippen molar-refractivity contribution < 1.29 is 62.0 Å². The summed E-state index contributed by atoms with van der Waals surface area (Å²) in [5.74, 6) is -1.41. The van der Waals surface area contributed by atoms with E-state index in [-0.39, 0.29) is 71.3 Å². The van der Waals surface area contributed by atoms with E-state index in [2.05, 4.69) is 43.6 Å². The van der Waals surface area contributed by atoms with Gasteiger partial charge in [0.1, 0.15) is 12.1 Å². The lowest BCUT2D eigenvalue weighted by Crippen LogP contribution is -2.53. The number of carbonyl (C=O) groups excluding carboxylic acids is 8. The number of rotatable bonds is 25. The van der Waals surface area contributed by atoms with Gasteiger partial charge in [0, 0.05) is 80.6 Å². The van der Waals surface area contributed by atoms with Crippen LogP contribution in [0.3, 0.4) is 0 Å². The molecule has 21 nitrogen and oxygen atoms in total. The minimum Gasteiger partial charge on any atom is -0.493 e. The molecule has 4 aromatic carbocycles. The third-order valence-electron chi connectivity index (χ3n) is 16.0. The number of ether oxygens (including phenoxy) is 5. The molecule has 5 aliphatic heterocycles. The van der Waals surface area contributed by atoms with Gasteiger partial charge in [-0.1, -0.05) is 72.2 Å². The molecule has 21 heteroatoms. The van der Waals surface area contributed by atoms with E-state index in [1.165, 1.54) is 33.5 Å². The molecule has 0 aromatic heterocycles. The van der Waals surface area contributed by atoms with Crippen molar-refractivity contribution in [1.29, 1.82) is 0 Å². The maximum absolute atomic E-state index is 14.3. The Morgan fingerprint density at radius 2 is 1.12 bits per heavy atom. The first-order valence-corrected chi connectivity index (χ1v) is 29.5. The highest BCUT2D eigenvalue weighted by Gasteiger charge is 2.37. The van der Waals surface area contributed by atoms with Crippen LogP contribution >= 0.6 is 0 Å². The molecule has 0 bridgehead atoms. The fourth-order valence-corrected chi connectivity index (χ4v) is 11.6. The lowest BCUT2D eigenvalue weighted by Gasteiger charge is -2.35. The summed E-state index contributed by atoms with van der Waals surface area (Å²) in [5.41, 5.74) is 5.42. The number of anilines is 1. The van der Waals surface area contributed by atoms with Gasteiger partial charge in [0.05, 0.1) is 74.7 Å². The predicted octanol–water partition coefficient (Wildman–Crippen LogP) is 9.40. The topological polar surface area (TPSA) is 253 Å². The second kappa shape index (κ2) is 26.7. The first kappa shape index (κ1) is 63.1. The number of amides is 7. The number of benzene rings is 4. The van der Waals surface area contributed by atoms with Gasteiger partial charge in [-0.15, -0.1) is 0 Å². The van der Waals surface area contributed by atoms with Gasteiger partial charge < -0.3 is 49.4 Å². The third-order valence-corrected chi connectivity index (χ3v) is 16.0. The van der Waals surface area contributed by atoms with Crippen LogP contribution in [-0.4, -0.2) is 140 Å². The Hall–Kier alpha value is -9.40. The van der Waals surface area contributed by atoms with Crippen LogP contribution in [0.4, 0.5) is 17.1 Å². The van der Waals surface area contributed by atoms with E-state index >= 15 is 0 Å². The van der Waals surface area contributed by atoms with E-state index in [0.29, 0.717) is 108 Å². The molecule has 7 amide bonds. The van der Waals surface area contributed by atoms with Crippen molar-refractivity contribution in [1.82, 2.24) is 25.3 Å². The Balaban J connectivity index is 0.753. The molecule has 3 N–H and O–H groups in total. The molecular formula is C67H76N8O13. The molecule has 0 spiro atoms. The Morgan fingerprint density at radius 1 is 0.625 bits per heavy atom. The quantitative estimate of drug-likeness (QED) is 0.0318. The molecule has 9 rings (SSSR count). The fraction of sp³-hybridized carbons (Fsp3) is 0.403. The highest BCUT2D eigenvalue weighted by Crippen LogP contribution is 2.44. The van der Waals surface area contributed by atoms with E-state index in [0.717, 1.165) is 27.2 Å². The van der Waals surface area contributed by atoms with E-state index in [9.17, 15) is 38.4 Å². The standard InChI is InChI=1S/C67H76N8O13/c1-39(2)60(72-57(76)14-12-11-13-25-73-58(77)23-24-59(73)78)62(80)70-40(3)61(79)71-46-21-19-42(20-22-46)45-27-48-33-69-52-31-56(54(85-9)29-50(52)64(82)75(48)35-45)88-38-67(6,7)36-66(4,5)37-87-55-30-51-49(28-53(55)84-8)63(81)74-34-44(26-47(74)32-68-51)41-15-17-43(18-16-41)65(83)86-10/h15-24,28-35,39-40,47-48,60H,11-14,25-27,36-38H2,1-10H3,(H,70,80)(H,71,79)(H,72,76)/t40-,47-,48-,60?/m0/s1. The summed E-state index contributed by atoms with van der Waals surface area (Å²) in [4.78, 5) is 117. The van der Waals surface area contributed by atoms with Crippen LogP contribution in [0.15, 0.2) is 107 Å². The van der Waals surface area contributed by atoms with E-state index in [1.54, 1.807) is 91.5 Å². The average molecular weight is 1200 g/mol. The van der Waals surface area contributed by atoms with Crippen molar-refractivity contribution in [2.45, 2.75) is 118 Å². The first-order chi connectivity index (χ1) is 41.9. The minimum absolute atomic E-state index is 0.160. The molecule has 0 saturated heterocycles. The van der Waals surface area contributed by atoms with Gasteiger partial charge in [-0.2, -0.15) is 0 Å². The summed E-state index contributed by atoms with van der Waals surface area (Å²) in [6, 6.07) is 18.7. The molecule has 0 fully saturated rings. The lowest BCUT2D eigenvalue weighted by molar-refractivity contribution is -0.137. The van der Waals surface area contributed by atoms with E-state index < -0.39 is 29.9 Å². The molecule has 0 aliphatic carbocycles. The third kappa shape index (κ3) is 14.5. The van der Waals surface area contributed by atoms with Gasteiger partial charge in [-0.3, -0.25) is 48.4 Å². The number of nitrogens with one attached hydrogen (secondary N) is 3. The number of fused-ring (bicyclic) bond motifs is 4. The molecule has 4 aromatic rings. The first-order valence-electron chi connectivity index (χ1n) is 29.5. The van der Waals surface area contributed by atoms with Crippen molar-refractivity contribution in [3.05, 3.63) is 125 Å². The average Bonchev–Trinajstić information content (AvgIpc) is 3.22. The summed E-state index contributed by atoms with van der Waals surface area (Å²) in [6.07, 6.45) is 13.2. The molecule has 0 radical (unpaired) electrons. The van der Waals surface area contributed by atoms with Gasteiger partial charge >= 0.3 is 5.97 Å². The number of carbonyl (C=O) groups is 8. The van der Waals surface area contributed by atoms with Crippen molar-refractivity contribution in [3.8, 4) is 23.0 Å². The Morgan fingerprint density at radius 3 is 1.60 bits per heavy atom. The second-order valence-corrected chi connectivity index (χ2v) is 24.6. The number of unbranched alkanes of at least 4 members (excludes halogenated alkanes) is 2. The smallest absolute Gasteiger partial charge is 0.337 e. The summed E-state index contributed by atoms with van der Waals surface area (Å²) < 4.78 is 29.4. The molecule has 1 unspecified atom stereocenters. The summed E-state index contributed by atoms with van der Waals surface area (Å²) >= 11 is 0. The zero-order valence-electron chi connectivity index (χ0n) is 51.4. The van der Waals surface area contributed by atoms with Gasteiger partial charge in [-0.25, -0.2) is 4.79 Å². The molecule has 88 heavy (non-hydrogen) atoms. The van der Waals surface area contributed by atoms with Crippen LogP contribution in [0.5, 0.6) is 23.0 Å². The number of methoxy groups -OCH3 is 3. The lowest BCUT2D eigenvalue weighted by atomic mass is 9.76. The van der Waals surface area contributed by atoms with E-state index in [4.69, 9.17) is 33.7 Å². The number of aliphatic imine (C=N–C) groups is 2. The minimum atomic E-state index is -0.931. The maximum atomic E-state index is 14.3. The van der Waals surface area contributed by atoms with Crippen LogP contribution in [-0.2, 0) is 28.7 Å². The molecule has 462 valence electrons. The van der Waals surface area contributed by atoms with Crippen molar-refractivity contribution in [2.75, 3.05) is 46.4 Å². The zero-order valence-corrected chi connectivity index (χ0v) is 51.4. The summed E-state index contributed by atoms with van der Waals surface area (Å²) in [6.45, 7) is 14.5. The largest absolute Gasteiger partial charge is 0.493 e. The van der Waals surface area contributed by atoms with Crippen molar-refractivity contribution in [3.63, 3.8) is 0 Å². The number of esters is 1. The number of imide groups is 1. The van der Waals surface area contributed by atoms with E-state index in [1.807, 2.05) is 36.7 Å². The Kier molecular flexibility index (Phi) is 19.1. The number of nitrogens with zero attached hydrogens (tertiary/aromatic N) is 5. The SMILES string of the molecule is COC(=O)c1ccc(C2=CN3C(=O)c4cc(OC)c(OCC(C)(C)CC(C)(C)COc5cc6c(cc5OC)C(=O)N5C=C(c7ccc(NC(=O)[C@H](C)NC(=O)C(NC(=O)CCCCCN8C(=O)C=CC8=O)C(C)C)cc7)C[C@H]5C=N6)cc4N=C[C@@H]3C2)cc1. The summed E-state index contributed by atoms with van der Waals surface area (Å²) in [7, 11) is 4.40. The summed E-state index contributed by atoms with van der Waals surface area (Å²) in [5, 5.41) is 8.36. The molecule has 0 saturated carbocycles. The van der Waals surface area contributed by atoms with Crippen LogP contribution in [0, 0.1) is 16.7 Å². The predicted molar refractivity (Wildman–Crippen MR) is 332 cm³/mol. The molecule has 4 atom stereocenters. The second-order valence-electron chi connectivity index (χ2n) is 24.6. The van der Waals surface area contributed by atoms with Gasteiger partial charge in [-0.05, 0) is 102 Å². The van der Waals surface area contributed by atoms with Gasteiger partial charge in [0.15, 0.2) is 23.0 Å². The highest BCUT2D eigenvalue weighted by atomic mass is 16.5. The van der Waals surface area contributed by atoms with Crippen LogP contribution in [0.2, 0.25) is 0 Å². The van der Waals surface area contributed by atoms with Crippen molar-refractivity contribution in [2.24, 2.45) is 26.7 Å². The van der Waals surface area contributed by atoms with Crippen molar-refractivity contribution >= 4 is 88.0 Å². The monoisotopic (exact) mass is 1200 g/mol. The molecule has 5 heterocycles. The molecular weight excluding hydrogens is 1120 g/mol. The number of hydrogen-bond acceptors (Lipinski definition) is 15. The van der Waals surface area contributed by atoms with Gasteiger partial charge in [0.2, 0.25) is 17.7 Å². The Labute approximate surface area is 512 Å².